The van der Waals surface area contributed by atoms with Gasteiger partial charge in [0.05, 0.1) is 17.4 Å². The van der Waals surface area contributed by atoms with Crippen LogP contribution in [0.15, 0.2) is 30.7 Å². The Hall–Kier alpha value is -2.90. The summed E-state index contributed by atoms with van der Waals surface area (Å²) in [5.74, 6) is -0.0664. The number of hydrogen-bond acceptors (Lipinski definition) is 5. The molecular formula is C11H11N7O. The Morgan fingerprint density at radius 2 is 2.37 bits per heavy atom. The van der Waals surface area contributed by atoms with Crippen molar-refractivity contribution in [2.75, 3.05) is 11.1 Å². The average molecular weight is 257 g/mol. The summed E-state index contributed by atoms with van der Waals surface area (Å²) in [5.41, 5.74) is 6.94. The van der Waals surface area contributed by atoms with E-state index >= 15 is 0 Å². The first-order chi connectivity index (χ1) is 9.22. The normalized spacial score (nSPS) is 10.7. The Morgan fingerprint density at radius 3 is 3.16 bits per heavy atom. The minimum atomic E-state index is -0.210. The van der Waals surface area contributed by atoms with Crippen LogP contribution in [-0.2, 0) is 11.3 Å². The standard InChI is InChI=1S/C11H11N7O/c12-11-13-6-18(17-11)5-10(19)15-8-2-1-3-9-7(8)4-14-16-9/h1-4,6H,5H2,(H2,12,17)(H,14,16)(H,15,19). The predicted molar refractivity (Wildman–Crippen MR) is 69.2 cm³/mol. The van der Waals surface area contributed by atoms with Crippen LogP contribution in [0.1, 0.15) is 0 Å². The van der Waals surface area contributed by atoms with Crippen molar-refractivity contribution in [2.24, 2.45) is 0 Å². The number of nitrogens with two attached hydrogens (primary N) is 1. The van der Waals surface area contributed by atoms with Gasteiger partial charge in [-0.2, -0.15) is 5.10 Å². The van der Waals surface area contributed by atoms with Crippen molar-refractivity contribution in [2.45, 2.75) is 6.54 Å². The van der Waals surface area contributed by atoms with Crippen LogP contribution in [0.3, 0.4) is 0 Å². The highest BCUT2D eigenvalue weighted by Gasteiger charge is 2.08. The Kier molecular flexibility index (Phi) is 2.60. The van der Waals surface area contributed by atoms with Gasteiger partial charge in [0, 0.05) is 5.39 Å². The third kappa shape index (κ3) is 2.23. The van der Waals surface area contributed by atoms with E-state index in [4.69, 9.17) is 5.73 Å². The van der Waals surface area contributed by atoms with Crippen molar-refractivity contribution in [3.63, 3.8) is 0 Å². The molecule has 2 aromatic heterocycles. The van der Waals surface area contributed by atoms with Crippen LogP contribution in [0, 0.1) is 0 Å². The summed E-state index contributed by atoms with van der Waals surface area (Å²) in [5, 5.41) is 14.3. The van der Waals surface area contributed by atoms with E-state index in [1.807, 2.05) is 18.2 Å². The fourth-order valence-corrected chi connectivity index (χ4v) is 1.80. The first kappa shape index (κ1) is 11.2. The topological polar surface area (TPSA) is 115 Å². The first-order valence-electron chi connectivity index (χ1n) is 5.59. The van der Waals surface area contributed by atoms with Crippen molar-refractivity contribution in [3.8, 4) is 0 Å². The van der Waals surface area contributed by atoms with Crippen LogP contribution in [0.4, 0.5) is 11.6 Å². The maximum absolute atomic E-state index is 11.9. The molecule has 0 aliphatic rings. The van der Waals surface area contributed by atoms with E-state index in [2.05, 4.69) is 25.6 Å². The molecule has 96 valence electrons. The molecule has 2 heterocycles. The lowest BCUT2D eigenvalue weighted by atomic mass is 10.2. The minimum absolute atomic E-state index is 0.0540. The fourth-order valence-electron chi connectivity index (χ4n) is 1.80. The van der Waals surface area contributed by atoms with Crippen LogP contribution in [0.25, 0.3) is 10.9 Å². The van der Waals surface area contributed by atoms with Gasteiger partial charge >= 0.3 is 0 Å². The zero-order chi connectivity index (χ0) is 13.2. The molecule has 8 heteroatoms. The second-order valence-electron chi connectivity index (χ2n) is 3.99. The van der Waals surface area contributed by atoms with E-state index in [0.717, 1.165) is 10.9 Å². The molecule has 0 saturated heterocycles. The summed E-state index contributed by atoms with van der Waals surface area (Å²) >= 11 is 0. The Bertz CT molecular complexity index is 729. The van der Waals surface area contributed by atoms with Crippen molar-refractivity contribution >= 4 is 28.4 Å². The van der Waals surface area contributed by atoms with Gasteiger partial charge in [-0.1, -0.05) is 6.07 Å². The van der Waals surface area contributed by atoms with Gasteiger partial charge in [-0.15, -0.1) is 5.10 Å². The SMILES string of the molecule is Nc1ncn(CC(=O)Nc2cccc3[nH]ncc23)n1. The lowest BCUT2D eigenvalue weighted by molar-refractivity contribution is -0.116. The second kappa shape index (κ2) is 4.41. The highest BCUT2D eigenvalue weighted by atomic mass is 16.2. The summed E-state index contributed by atoms with van der Waals surface area (Å²) in [6, 6.07) is 5.53. The third-order valence-corrected chi connectivity index (χ3v) is 2.62. The molecule has 0 saturated carbocycles. The zero-order valence-electron chi connectivity index (χ0n) is 9.87. The number of nitrogens with zero attached hydrogens (tertiary/aromatic N) is 4. The number of hydrogen-bond donors (Lipinski definition) is 3. The molecule has 0 aliphatic carbocycles. The average Bonchev–Trinajstić information content (AvgIpc) is 2.98. The Morgan fingerprint density at radius 1 is 1.47 bits per heavy atom. The number of amides is 1. The molecule has 0 aliphatic heterocycles. The van der Waals surface area contributed by atoms with Crippen LogP contribution in [0.5, 0.6) is 0 Å². The van der Waals surface area contributed by atoms with Crippen molar-refractivity contribution in [1.29, 1.82) is 0 Å². The van der Waals surface area contributed by atoms with Gasteiger partial charge < -0.3 is 11.1 Å². The monoisotopic (exact) mass is 257 g/mol. The molecule has 4 N–H and O–H groups in total. The smallest absolute Gasteiger partial charge is 0.246 e. The Balaban J connectivity index is 1.77. The molecule has 0 spiro atoms. The number of rotatable bonds is 3. The Labute approximate surface area is 107 Å². The molecule has 3 aromatic rings. The summed E-state index contributed by atoms with van der Waals surface area (Å²) in [4.78, 5) is 15.6. The van der Waals surface area contributed by atoms with Gasteiger partial charge in [0.1, 0.15) is 12.9 Å². The van der Waals surface area contributed by atoms with Crippen LogP contribution in [-0.4, -0.2) is 30.9 Å². The quantitative estimate of drug-likeness (QED) is 0.627. The lowest BCUT2D eigenvalue weighted by Crippen LogP contribution is -2.19. The summed E-state index contributed by atoms with van der Waals surface area (Å²) in [6.07, 6.45) is 3.08. The van der Waals surface area contributed by atoms with Gasteiger partial charge in [0.2, 0.25) is 11.9 Å². The minimum Gasteiger partial charge on any atom is -0.367 e. The van der Waals surface area contributed by atoms with Gasteiger partial charge in [-0.3, -0.25) is 9.89 Å². The molecule has 0 atom stereocenters. The molecule has 1 aromatic carbocycles. The number of H-pyrrole nitrogens is 1. The molecule has 0 fully saturated rings. The number of aromatic amines is 1. The molecule has 0 unspecified atom stereocenters. The number of anilines is 2. The van der Waals surface area contributed by atoms with E-state index in [1.54, 1.807) is 6.20 Å². The highest BCUT2D eigenvalue weighted by Crippen LogP contribution is 2.20. The summed E-state index contributed by atoms with van der Waals surface area (Å²) in [6.45, 7) is 0.0540. The zero-order valence-corrected chi connectivity index (χ0v) is 9.87. The van der Waals surface area contributed by atoms with Crippen LogP contribution >= 0.6 is 0 Å². The van der Waals surface area contributed by atoms with Crippen molar-refractivity contribution in [1.82, 2.24) is 25.0 Å². The lowest BCUT2D eigenvalue weighted by Gasteiger charge is -2.05. The van der Waals surface area contributed by atoms with E-state index < -0.39 is 0 Å². The number of nitrogens with one attached hydrogen (secondary N) is 2. The van der Waals surface area contributed by atoms with Gasteiger partial charge in [-0.05, 0) is 12.1 Å². The molecule has 8 nitrogen and oxygen atoms in total. The second-order valence-corrected chi connectivity index (χ2v) is 3.99. The number of benzene rings is 1. The summed E-state index contributed by atoms with van der Waals surface area (Å²) < 4.78 is 1.38. The van der Waals surface area contributed by atoms with E-state index in [-0.39, 0.29) is 18.4 Å². The predicted octanol–water partition coefficient (Wildman–Crippen LogP) is 0.375. The maximum atomic E-state index is 11.9. The third-order valence-electron chi connectivity index (χ3n) is 2.62. The van der Waals surface area contributed by atoms with Crippen LogP contribution in [0.2, 0.25) is 0 Å². The summed E-state index contributed by atoms with van der Waals surface area (Å²) in [7, 11) is 0. The van der Waals surface area contributed by atoms with Crippen LogP contribution < -0.4 is 11.1 Å². The van der Waals surface area contributed by atoms with E-state index in [0.29, 0.717) is 5.69 Å². The van der Waals surface area contributed by atoms with Gasteiger partial charge in [-0.25, -0.2) is 9.67 Å². The van der Waals surface area contributed by atoms with E-state index in [9.17, 15) is 4.79 Å². The molecule has 0 bridgehead atoms. The largest absolute Gasteiger partial charge is 0.367 e. The first-order valence-corrected chi connectivity index (χ1v) is 5.59. The number of carbonyl (C=O) groups excluding carboxylic acids is 1. The molecule has 1 amide bonds. The molecular weight excluding hydrogens is 246 g/mol. The van der Waals surface area contributed by atoms with Gasteiger partial charge in [0.25, 0.3) is 0 Å². The molecule has 3 rings (SSSR count). The van der Waals surface area contributed by atoms with Gasteiger partial charge in [0.15, 0.2) is 0 Å². The number of fused-ring (bicyclic) bond motifs is 1. The number of aromatic nitrogens is 5. The molecule has 0 radical (unpaired) electrons. The van der Waals surface area contributed by atoms with Crippen molar-refractivity contribution in [3.05, 3.63) is 30.7 Å². The molecule has 19 heavy (non-hydrogen) atoms. The van der Waals surface area contributed by atoms with E-state index in [1.165, 1.54) is 11.0 Å². The maximum Gasteiger partial charge on any atom is 0.246 e. The highest BCUT2D eigenvalue weighted by molar-refractivity contribution is 6.00. The number of nitrogen functional groups attached to an aromatic ring is 1. The fraction of sp³-hybridized carbons (Fsp3) is 0.0909. The number of carbonyl (C=O) groups is 1. The van der Waals surface area contributed by atoms with Crippen molar-refractivity contribution < 1.29 is 4.79 Å².